The summed E-state index contributed by atoms with van der Waals surface area (Å²) in [7, 11) is 0. The van der Waals surface area contributed by atoms with Gasteiger partial charge in [0.2, 0.25) is 0 Å². The fourth-order valence-electron chi connectivity index (χ4n) is 3.06. The van der Waals surface area contributed by atoms with E-state index >= 15 is 0 Å². The molecule has 2 aliphatic carbocycles. The van der Waals surface area contributed by atoms with Crippen LogP contribution in [0.2, 0.25) is 0 Å². The molecule has 0 bridgehead atoms. The zero-order chi connectivity index (χ0) is 10.1. The maximum Gasteiger partial charge on any atom is -0.0193 e. The molecule has 0 nitrogen and oxygen atoms in total. The molecule has 0 atom stereocenters. The Hall–Kier alpha value is -1.04. The van der Waals surface area contributed by atoms with Gasteiger partial charge < -0.3 is 0 Å². The third-order valence-corrected chi connectivity index (χ3v) is 3.87. The Kier molecular flexibility index (Phi) is 2.36. The van der Waals surface area contributed by atoms with Gasteiger partial charge in [-0.3, -0.25) is 0 Å². The first-order chi connectivity index (χ1) is 7.45. The molecule has 0 N–H and O–H groups in total. The monoisotopic (exact) mass is 198 g/mol. The van der Waals surface area contributed by atoms with Crippen LogP contribution in [0.3, 0.4) is 0 Å². The maximum atomic E-state index is 2.33. The van der Waals surface area contributed by atoms with E-state index in [4.69, 9.17) is 0 Å². The summed E-state index contributed by atoms with van der Waals surface area (Å²) in [5, 5.41) is 0. The molecule has 0 radical (unpaired) electrons. The standard InChI is InChI=1S/C15H18/c1-2-6-12-10-11-13-7-4-5-9-15(13)14(12)8-3-1/h4-5,7,9H,1-3,6,8,10-11H2. The molecule has 2 aliphatic rings. The summed E-state index contributed by atoms with van der Waals surface area (Å²) in [4.78, 5) is 0. The second-order valence-corrected chi connectivity index (χ2v) is 4.80. The van der Waals surface area contributed by atoms with Gasteiger partial charge in [-0.25, -0.2) is 0 Å². The van der Waals surface area contributed by atoms with Crippen molar-refractivity contribution in [3.63, 3.8) is 0 Å². The van der Waals surface area contributed by atoms with Crippen molar-refractivity contribution >= 4 is 5.57 Å². The SMILES string of the molecule is c1ccc2c(c1)CCC1=C2CCCCC1. The minimum Gasteiger partial charge on any atom is -0.0661 e. The van der Waals surface area contributed by atoms with E-state index in [0.29, 0.717) is 0 Å². The van der Waals surface area contributed by atoms with Gasteiger partial charge in [-0.2, -0.15) is 0 Å². The van der Waals surface area contributed by atoms with E-state index in [1.54, 1.807) is 22.3 Å². The number of fused-ring (bicyclic) bond motifs is 2. The van der Waals surface area contributed by atoms with Crippen LogP contribution in [-0.4, -0.2) is 0 Å². The minimum absolute atomic E-state index is 1.27. The van der Waals surface area contributed by atoms with Crippen molar-refractivity contribution in [1.82, 2.24) is 0 Å². The Morgan fingerprint density at radius 1 is 0.733 bits per heavy atom. The van der Waals surface area contributed by atoms with Crippen LogP contribution >= 0.6 is 0 Å². The molecule has 0 spiro atoms. The summed E-state index contributed by atoms with van der Waals surface area (Å²) >= 11 is 0. The van der Waals surface area contributed by atoms with E-state index in [2.05, 4.69) is 24.3 Å². The van der Waals surface area contributed by atoms with Crippen molar-refractivity contribution < 1.29 is 0 Å². The van der Waals surface area contributed by atoms with Crippen LogP contribution in [0.4, 0.5) is 0 Å². The minimum atomic E-state index is 1.27. The molecule has 1 aromatic carbocycles. The van der Waals surface area contributed by atoms with Crippen LogP contribution in [0.1, 0.15) is 49.7 Å². The van der Waals surface area contributed by atoms with Gasteiger partial charge in [-0.15, -0.1) is 0 Å². The highest BCUT2D eigenvalue weighted by molar-refractivity contribution is 5.73. The average Bonchev–Trinajstić information content (AvgIpc) is 2.54. The van der Waals surface area contributed by atoms with Gasteiger partial charge in [-0.1, -0.05) is 36.3 Å². The van der Waals surface area contributed by atoms with Crippen LogP contribution in [-0.2, 0) is 6.42 Å². The van der Waals surface area contributed by atoms with Crippen LogP contribution in [0, 0.1) is 0 Å². The molecule has 3 rings (SSSR count). The van der Waals surface area contributed by atoms with Crippen molar-refractivity contribution in [2.45, 2.75) is 44.9 Å². The van der Waals surface area contributed by atoms with Crippen molar-refractivity contribution in [2.24, 2.45) is 0 Å². The lowest BCUT2D eigenvalue weighted by Crippen LogP contribution is -2.04. The average molecular weight is 198 g/mol. The highest BCUT2D eigenvalue weighted by Crippen LogP contribution is 2.38. The second-order valence-electron chi connectivity index (χ2n) is 4.80. The normalized spacial score (nSPS) is 20.5. The molecule has 0 heteroatoms. The number of benzene rings is 1. The molecule has 0 saturated carbocycles. The Bertz CT molecular complexity index is 398. The van der Waals surface area contributed by atoms with E-state index in [1.807, 2.05) is 0 Å². The maximum absolute atomic E-state index is 2.33. The van der Waals surface area contributed by atoms with Crippen molar-refractivity contribution in [3.8, 4) is 0 Å². The van der Waals surface area contributed by atoms with Gasteiger partial charge in [0.25, 0.3) is 0 Å². The Morgan fingerprint density at radius 3 is 2.60 bits per heavy atom. The zero-order valence-electron chi connectivity index (χ0n) is 9.26. The molecule has 15 heavy (non-hydrogen) atoms. The Labute approximate surface area is 92.0 Å². The van der Waals surface area contributed by atoms with E-state index in [1.165, 1.54) is 44.9 Å². The summed E-state index contributed by atoms with van der Waals surface area (Å²) < 4.78 is 0. The quantitative estimate of drug-likeness (QED) is 0.581. The van der Waals surface area contributed by atoms with E-state index < -0.39 is 0 Å². The van der Waals surface area contributed by atoms with Gasteiger partial charge >= 0.3 is 0 Å². The van der Waals surface area contributed by atoms with Crippen LogP contribution in [0.15, 0.2) is 29.8 Å². The highest BCUT2D eigenvalue weighted by Gasteiger charge is 2.19. The third kappa shape index (κ3) is 1.62. The third-order valence-electron chi connectivity index (χ3n) is 3.87. The molecule has 1 aromatic rings. The van der Waals surface area contributed by atoms with Gasteiger partial charge in [-0.05, 0) is 55.2 Å². The van der Waals surface area contributed by atoms with E-state index in [0.717, 1.165) is 0 Å². The Morgan fingerprint density at radius 2 is 1.60 bits per heavy atom. The van der Waals surface area contributed by atoms with Crippen molar-refractivity contribution in [3.05, 3.63) is 41.0 Å². The molecule has 0 unspecified atom stereocenters. The summed E-state index contributed by atoms with van der Waals surface area (Å²) in [5.41, 5.74) is 6.62. The van der Waals surface area contributed by atoms with Crippen molar-refractivity contribution in [1.29, 1.82) is 0 Å². The first-order valence-electron chi connectivity index (χ1n) is 6.24. The van der Waals surface area contributed by atoms with Crippen LogP contribution in [0.5, 0.6) is 0 Å². The van der Waals surface area contributed by atoms with E-state index in [-0.39, 0.29) is 0 Å². The highest BCUT2D eigenvalue weighted by atomic mass is 14.2. The number of hydrogen-bond acceptors (Lipinski definition) is 0. The molecule has 0 fully saturated rings. The smallest absolute Gasteiger partial charge is 0.0193 e. The molecule has 78 valence electrons. The van der Waals surface area contributed by atoms with Gasteiger partial charge in [0.15, 0.2) is 0 Å². The predicted molar refractivity (Wildman–Crippen MR) is 64.8 cm³/mol. The molecular formula is C15H18. The molecule has 0 amide bonds. The van der Waals surface area contributed by atoms with Crippen LogP contribution in [0.25, 0.3) is 5.57 Å². The lowest BCUT2D eigenvalue weighted by Gasteiger charge is -2.22. The number of aryl methyl sites for hydroxylation is 1. The number of hydrogen-bond donors (Lipinski definition) is 0. The summed E-state index contributed by atoms with van der Waals surface area (Å²) in [5.74, 6) is 0. The van der Waals surface area contributed by atoms with Gasteiger partial charge in [0.05, 0.1) is 0 Å². The van der Waals surface area contributed by atoms with Gasteiger partial charge in [0.1, 0.15) is 0 Å². The van der Waals surface area contributed by atoms with Crippen LogP contribution < -0.4 is 0 Å². The number of rotatable bonds is 0. The zero-order valence-corrected chi connectivity index (χ0v) is 9.26. The lowest BCUT2D eigenvalue weighted by molar-refractivity contribution is 0.703. The molecule has 0 aliphatic heterocycles. The predicted octanol–water partition coefficient (Wildman–Crippen LogP) is 4.35. The lowest BCUT2D eigenvalue weighted by atomic mass is 9.83. The van der Waals surface area contributed by atoms with E-state index in [9.17, 15) is 0 Å². The topological polar surface area (TPSA) is 0 Å². The largest absolute Gasteiger partial charge is 0.0661 e. The Balaban J connectivity index is 2.08. The summed E-state index contributed by atoms with van der Waals surface area (Å²) in [6.07, 6.45) is 9.53. The summed E-state index contributed by atoms with van der Waals surface area (Å²) in [6.45, 7) is 0. The fraction of sp³-hybridized carbons (Fsp3) is 0.467. The fourth-order valence-corrected chi connectivity index (χ4v) is 3.06. The molecular weight excluding hydrogens is 180 g/mol. The molecule has 0 saturated heterocycles. The second kappa shape index (κ2) is 3.84. The number of allylic oxidation sites excluding steroid dienone is 2. The first kappa shape index (κ1) is 9.21. The molecule has 0 heterocycles. The summed E-state index contributed by atoms with van der Waals surface area (Å²) in [6, 6.07) is 9.01. The molecule has 0 aromatic heterocycles. The van der Waals surface area contributed by atoms with Gasteiger partial charge in [0, 0.05) is 0 Å². The van der Waals surface area contributed by atoms with Crippen molar-refractivity contribution in [2.75, 3.05) is 0 Å². The first-order valence-corrected chi connectivity index (χ1v) is 6.24.